The summed E-state index contributed by atoms with van der Waals surface area (Å²) in [6.45, 7) is 13.0. The molecule has 26 heavy (non-hydrogen) atoms. The van der Waals surface area contributed by atoms with Crippen LogP contribution in [0.3, 0.4) is 0 Å². The summed E-state index contributed by atoms with van der Waals surface area (Å²) in [5.74, 6) is 0.00783. The molecule has 0 saturated heterocycles. The molecule has 5 nitrogen and oxygen atoms in total. The predicted molar refractivity (Wildman–Crippen MR) is 106 cm³/mol. The predicted octanol–water partition coefficient (Wildman–Crippen LogP) is 4.55. The Bertz CT molecular complexity index is 639. The van der Waals surface area contributed by atoms with Crippen LogP contribution in [0.25, 0.3) is 6.08 Å². The quantitative estimate of drug-likeness (QED) is 0.158. The molecule has 0 radical (unpaired) electrons. The first-order chi connectivity index (χ1) is 12.0. The Morgan fingerprint density at radius 2 is 1.88 bits per heavy atom. The van der Waals surface area contributed by atoms with Gasteiger partial charge >= 0.3 is 5.97 Å². The van der Waals surface area contributed by atoms with Gasteiger partial charge in [0, 0.05) is 20.8 Å². The van der Waals surface area contributed by atoms with E-state index in [0.29, 0.717) is 17.9 Å². The lowest BCUT2D eigenvalue weighted by Gasteiger charge is -2.18. The largest absolute Gasteiger partial charge is 0.467 e. The van der Waals surface area contributed by atoms with Gasteiger partial charge in [-0.1, -0.05) is 25.7 Å². The molecule has 1 rings (SSSR count). The molecule has 0 atom stereocenters. The van der Waals surface area contributed by atoms with E-state index in [9.17, 15) is 9.59 Å². The first-order valence-electron chi connectivity index (χ1n) is 8.71. The molecule has 0 aliphatic rings. The Balaban J connectivity index is 2.67. The van der Waals surface area contributed by atoms with Crippen LogP contribution in [0.5, 0.6) is 5.75 Å². The van der Waals surface area contributed by atoms with E-state index in [-0.39, 0.29) is 6.79 Å². The molecule has 0 aliphatic heterocycles. The molecule has 0 bridgehead atoms. The van der Waals surface area contributed by atoms with Gasteiger partial charge in [0.05, 0.1) is 5.56 Å². The molecule has 0 amide bonds. The highest BCUT2D eigenvalue weighted by Gasteiger charge is 2.14. The molecular weight excluding hydrogens is 348 g/mol. The normalized spacial score (nSPS) is 12.2. The van der Waals surface area contributed by atoms with E-state index in [2.05, 4.69) is 19.6 Å². The van der Waals surface area contributed by atoms with Crippen molar-refractivity contribution in [1.29, 1.82) is 0 Å². The fourth-order valence-corrected chi connectivity index (χ4v) is 2.68. The maximum absolute atomic E-state index is 11.8. The Kier molecular flexibility index (Phi) is 8.24. The van der Waals surface area contributed by atoms with Crippen molar-refractivity contribution in [3.63, 3.8) is 0 Å². The van der Waals surface area contributed by atoms with E-state index in [1.54, 1.807) is 24.3 Å². The molecule has 1 aromatic rings. The number of carbonyl (C=O) groups excluding carboxylic acids is 2. The van der Waals surface area contributed by atoms with E-state index < -0.39 is 19.6 Å². The van der Waals surface area contributed by atoms with Gasteiger partial charge in [0.25, 0.3) is 0 Å². The van der Waals surface area contributed by atoms with Gasteiger partial charge in [-0.2, -0.15) is 0 Å². The maximum atomic E-state index is 11.8. The molecule has 144 valence electrons. The van der Waals surface area contributed by atoms with Gasteiger partial charge in [0.1, 0.15) is 11.4 Å². The third-order valence-electron chi connectivity index (χ3n) is 3.28. The third kappa shape index (κ3) is 9.53. The number of hydrogen-bond acceptors (Lipinski definition) is 5. The van der Waals surface area contributed by atoms with E-state index in [0.717, 1.165) is 17.9 Å². The van der Waals surface area contributed by atoms with E-state index in [1.807, 2.05) is 20.8 Å². The average Bonchev–Trinajstić information content (AvgIpc) is 2.50. The highest BCUT2D eigenvalue weighted by molar-refractivity contribution is 6.76. The van der Waals surface area contributed by atoms with Crippen LogP contribution >= 0.6 is 0 Å². The van der Waals surface area contributed by atoms with Crippen LogP contribution in [-0.4, -0.2) is 39.3 Å². The molecule has 1 aromatic carbocycles. The minimum Gasteiger partial charge on any atom is -0.467 e. The number of ether oxygens (including phenoxy) is 3. The minimum absolute atomic E-state index is 0.0879. The van der Waals surface area contributed by atoms with Crippen molar-refractivity contribution in [2.24, 2.45) is 0 Å². The standard InChI is InChI=1S/C20H30O5Si/c1-20(2,3)25-19(22)10-8-16-7-9-17(14-21)18(13-16)24-15-23-11-12-26(4,5)6/h7-10,13-14H,11-12,15H2,1-6H3. The molecule has 0 spiro atoms. The minimum atomic E-state index is -1.14. The number of rotatable bonds is 9. The number of carbonyl (C=O) groups is 2. The molecule has 0 heterocycles. The summed E-state index contributed by atoms with van der Waals surface area (Å²) in [5, 5.41) is 0. The number of aldehydes is 1. The van der Waals surface area contributed by atoms with Gasteiger partial charge < -0.3 is 14.2 Å². The first-order valence-corrected chi connectivity index (χ1v) is 12.4. The Labute approximate surface area is 157 Å². The third-order valence-corrected chi connectivity index (χ3v) is 4.98. The van der Waals surface area contributed by atoms with Gasteiger partial charge in [0.15, 0.2) is 13.1 Å². The highest BCUT2D eigenvalue weighted by Crippen LogP contribution is 2.20. The summed E-state index contributed by atoms with van der Waals surface area (Å²) in [6.07, 6.45) is 3.72. The molecule has 0 aromatic heterocycles. The summed E-state index contributed by atoms with van der Waals surface area (Å²) in [5.41, 5.74) is 0.636. The summed E-state index contributed by atoms with van der Waals surface area (Å²) >= 11 is 0. The van der Waals surface area contributed by atoms with Crippen molar-refractivity contribution in [3.8, 4) is 5.75 Å². The second kappa shape index (κ2) is 9.69. The van der Waals surface area contributed by atoms with Gasteiger partial charge in [0.2, 0.25) is 0 Å². The second-order valence-corrected chi connectivity index (χ2v) is 13.9. The van der Waals surface area contributed by atoms with E-state index >= 15 is 0 Å². The average molecular weight is 379 g/mol. The highest BCUT2D eigenvalue weighted by atomic mass is 28.3. The Morgan fingerprint density at radius 1 is 1.19 bits per heavy atom. The zero-order valence-corrected chi connectivity index (χ0v) is 17.6. The lowest BCUT2D eigenvalue weighted by Crippen LogP contribution is -2.22. The summed E-state index contributed by atoms with van der Waals surface area (Å²) in [4.78, 5) is 22.9. The van der Waals surface area contributed by atoms with E-state index in [1.165, 1.54) is 6.08 Å². The van der Waals surface area contributed by atoms with Gasteiger partial charge in [-0.15, -0.1) is 0 Å². The van der Waals surface area contributed by atoms with Crippen LogP contribution in [0.15, 0.2) is 24.3 Å². The van der Waals surface area contributed by atoms with Gasteiger partial charge in [-0.3, -0.25) is 4.79 Å². The topological polar surface area (TPSA) is 61.8 Å². The first kappa shape index (κ1) is 22.1. The lowest BCUT2D eigenvalue weighted by atomic mass is 10.1. The number of esters is 1. The Hall–Kier alpha value is -1.92. The second-order valence-electron chi connectivity index (χ2n) is 8.26. The fraction of sp³-hybridized carbons (Fsp3) is 0.500. The molecule has 0 aliphatic carbocycles. The molecule has 0 fully saturated rings. The lowest BCUT2D eigenvalue weighted by molar-refractivity contribution is -0.148. The van der Waals surface area contributed by atoms with Crippen molar-refractivity contribution in [1.82, 2.24) is 0 Å². The summed E-state index contributed by atoms with van der Waals surface area (Å²) < 4.78 is 16.3. The van der Waals surface area contributed by atoms with Crippen LogP contribution in [0.4, 0.5) is 0 Å². The Morgan fingerprint density at radius 3 is 2.46 bits per heavy atom. The van der Waals surface area contributed by atoms with Crippen LogP contribution in [0.2, 0.25) is 25.7 Å². The molecule has 6 heteroatoms. The molecule has 0 unspecified atom stereocenters. The van der Waals surface area contributed by atoms with Crippen molar-refractivity contribution in [3.05, 3.63) is 35.4 Å². The van der Waals surface area contributed by atoms with Gasteiger partial charge in [-0.25, -0.2) is 4.79 Å². The summed E-state index contributed by atoms with van der Waals surface area (Å²) in [6, 6.07) is 6.14. The zero-order valence-electron chi connectivity index (χ0n) is 16.6. The van der Waals surface area contributed by atoms with E-state index in [4.69, 9.17) is 14.2 Å². The van der Waals surface area contributed by atoms with Crippen LogP contribution in [0.1, 0.15) is 36.7 Å². The molecular formula is C20H30O5Si. The molecule has 0 saturated carbocycles. The number of hydrogen-bond donors (Lipinski definition) is 0. The molecule has 0 N–H and O–H groups in total. The SMILES string of the molecule is CC(C)(C)OC(=O)C=Cc1ccc(C=O)c(OCOCC[Si](C)(C)C)c1. The van der Waals surface area contributed by atoms with Crippen LogP contribution in [0, 0.1) is 0 Å². The number of benzene rings is 1. The van der Waals surface area contributed by atoms with Crippen molar-refractivity contribution in [2.75, 3.05) is 13.4 Å². The monoisotopic (exact) mass is 378 g/mol. The van der Waals surface area contributed by atoms with Gasteiger partial charge in [-0.05, 0) is 50.6 Å². The maximum Gasteiger partial charge on any atom is 0.331 e. The zero-order chi connectivity index (χ0) is 19.8. The van der Waals surface area contributed by atoms with Crippen molar-refractivity contribution >= 4 is 26.4 Å². The fourth-order valence-electron chi connectivity index (χ4n) is 1.92. The summed E-state index contributed by atoms with van der Waals surface area (Å²) in [7, 11) is -1.14. The van der Waals surface area contributed by atoms with Crippen LogP contribution < -0.4 is 4.74 Å². The van der Waals surface area contributed by atoms with Crippen molar-refractivity contribution < 1.29 is 23.8 Å². The van der Waals surface area contributed by atoms with Crippen LogP contribution in [-0.2, 0) is 14.3 Å². The van der Waals surface area contributed by atoms with Crippen molar-refractivity contribution in [2.45, 2.75) is 52.1 Å². The smallest absolute Gasteiger partial charge is 0.331 e.